The molecule has 1 saturated heterocycles. The molecule has 8 heteroatoms. The van der Waals surface area contributed by atoms with Crippen molar-refractivity contribution in [3.05, 3.63) is 34.8 Å². The average Bonchev–Trinajstić information content (AvgIpc) is 3.08. The Morgan fingerprint density at radius 3 is 2.75 bits per heavy atom. The van der Waals surface area contributed by atoms with Gasteiger partial charge in [-0.15, -0.1) is 11.3 Å². The Balaban J connectivity index is 1.62. The van der Waals surface area contributed by atoms with E-state index in [0.29, 0.717) is 28.8 Å². The lowest BCUT2D eigenvalue weighted by atomic mass is 10.2. The topological polar surface area (TPSA) is 72.9 Å². The second-order valence-electron chi connectivity index (χ2n) is 6.85. The summed E-state index contributed by atoms with van der Waals surface area (Å²) in [4.78, 5) is 19.5. The molecule has 3 rings (SSSR count). The van der Waals surface area contributed by atoms with Crippen LogP contribution in [0.1, 0.15) is 36.8 Å². The third-order valence-electron chi connectivity index (χ3n) is 4.38. The van der Waals surface area contributed by atoms with E-state index in [1.807, 2.05) is 12.3 Å². The lowest BCUT2D eigenvalue weighted by Gasteiger charge is -2.34. The quantitative estimate of drug-likeness (QED) is 0.761. The van der Waals surface area contributed by atoms with Gasteiger partial charge in [0.05, 0.1) is 31.6 Å². The Bertz CT molecular complexity index is 800. The molecule has 0 radical (unpaired) electrons. The standard InChI is InChI=1S/C20H27N3O4S/c1-5-26-17-7-6-15(8-18(17)25-4)19(24)22-20-21-16(12-28-20)11-23-9-13(2)27-14(3)10-23/h6-8,12-14H,5,9-11H2,1-4H3,(H,21,22,24)/t13-,14-/m1/s1. The van der Waals surface area contributed by atoms with Crippen molar-refractivity contribution in [3.63, 3.8) is 0 Å². The third-order valence-corrected chi connectivity index (χ3v) is 5.19. The van der Waals surface area contributed by atoms with E-state index in [1.165, 1.54) is 11.3 Å². The molecular formula is C20H27N3O4S. The zero-order valence-electron chi connectivity index (χ0n) is 16.7. The number of nitrogens with zero attached hydrogens (tertiary/aromatic N) is 2. The van der Waals surface area contributed by atoms with E-state index in [4.69, 9.17) is 14.2 Å². The van der Waals surface area contributed by atoms with Crippen LogP contribution in [0.5, 0.6) is 11.5 Å². The van der Waals surface area contributed by atoms with Gasteiger partial charge in [-0.25, -0.2) is 4.98 Å². The molecule has 1 aliphatic heterocycles. The smallest absolute Gasteiger partial charge is 0.257 e. The van der Waals surface area contributed by atoms with Crippen LogP contribution in [0, 0.1) is 0 Å². The third kappa shape index (κ3) is 5.21. The number of amides is 1. The summed E-state index contributed by atoms with van der Waals surface area (Å²) in [5, 5.41) is 5.44. The highest BCUT2D eigenvalue weighted by Crippen LogP contribution is 2.28. The normalized spacial score (nSPS) is 20.0. The largest absolute Gasteiger partial charge is 0.493 e. The van der Waals surface area contributed by atoms with E-state index in [2.05, 4.69) is 29.0 Å². The lowest BCUT2D eigenvalue weighted by Crippen LogP contribution is -2.44. The van der Waals surface area contributed by atoms with Crippen LogP contribution in [0.3, 0.4) is 0 Å². The van der Waals surface area contributed by atoms with Crippen LogP contribution in [0.25, 0.3) is 0 Å². The van der Waals surface area contributed by atoms with Crippen molar-refractivity contribution in [3.8, 4) is 11.5 Å². The number of anilines is 1. The number of rotatable bonds is 7. The van der Waals surface area contributed by atoms with E-state index in [0.717, 1.165) is 25.3 Å². The summed E-state index contributed by atoms with van der Waals surface area (Å²) in [5.41, 5.74) is 1.44. The van der Waals surface area contributed by atoms with Gasteiger partial charge in [-0.3, -0.25) is 15.0 Å². The van der Waals surface area contributed by atoms with Crippen LogP contribution in [0.2, 0.25) is 0 Å². The molecule has 1 N–H and O–H groups in total. The number of carbonyl (C=O) groups is 1. The maximum absolute atomic E-state index is 12.6. The molecule has 0 aliphatic carbocycles. The Hall–Kier alpha value is -2.16. The minimum absolute atomic E-state index is 0.219. The predicted octanol–water partition coefficient (Wildman–Crippen LogP) is 3.41. The highest BCUT2D eigenvalue weighted by Gasteiger charge is 2.23. The number of thiazole rings is 1. The van der Waals surface area contributed by atoms with Gasteiger partial charge in [0.15, 0.2) is 16.6 Å². The summed E-state index contributed by atoms with van der Waals surface area (Å²) >= 11 is 1.43. The van der Waals surface area contributed by atoms with Crippen LogP contribution in [-0.4, -0.2) is 54.8 Å². The highest BCUT2D eigenvalue weighted by atomic mass is 32.1. The first-order chi connectivity index (χ1) is 13.5. The minimum Gasteiger partial charge on any atom is -0.493 e. The molecule has 1 aromatic carbocycles. The zero-order valence-corrected chi connectivity index (χ0v) is 17.5. The molecule has 28 heavy (non-hydrogen) atoms. The molecule has 2 atom stereocenters. The lowest BCUT2D eigenvalue weighted by molar-refractivity contribution is -0.0707. The number of hydrogen-bond acceptors (Lipinski definition) is 7. The van der Waals surface area contributed by atoms with Crippen LogP contribution >= 0.6 is 11.3 Å². The molecule has 1 amide bonds. The Labute approximate surface area is 169 Å². The van der Waals surface area contributed by atoms with Gasteiger partial charge in [-0.1, -0.05) is 0 Å². The molecule has 152 valence electrons. The fraction of sp³-hybridized carbons (Fsp3) is 0.500. The number of carbonyl (C=O) groups excluding carboxylic acids is 1. The van der Waals surface area contributed by atoms with Gasteiger partial charge in [-0.2, -0.15) is 0 Å². The van der Waals surface area contributed by atoms with Crippen molar-refractivity contribution in [2.24, 2.45) is 0 Å². The van der Waals surface area contributed by atoms with Gasteiger partial charge < -0.3 is 14.2 Å². The Kier molecular flexibility index (Phi) is 6.88. The van der Waals surface area contributed by atoms with E-state index < -0.39 is 0 Å². The van der Waals surface area contributed by atoms with Gasteiger partial charge in [0.25, 0.3) is 5.91 Å². The first-order valence-corrected chi connectivity index (χ1v) is 10.3. The number of hydrogen-bond donors (Lipinski definition) is 1. The average molecular weight is 406 g/mol. The second-order valence-corrected chi connectivity index (χ2v) is 7.71. The fourth-order valence-electron chi connectivity index (χ4n) is 3.33. The summed E-state index contributed by atoms with van der Waals surface area (Å²) in [7, 11) is 1.56. The summed E-state index contributed by atoms with van der Waals surface area (Å²) in [6.45, 7) is 9.12. The van der Waals surface area contributed by atoms with Gasteiger partial charge in [0, 0.05) is 30.6 Å². The molecule has 2 aromatic rings. The Morgan fingerprint density at radius 2 is 2.07 bits per heavy atom. The number of nitrogens with one attached hydrogen (secondary N) is 1. The molecule has 2 heterocycles. The molecule has 0 saturated carbocycles. The molecule has 0 bridgehead atoms. The van der Waals surface area contributed by atoms with Crippen molar-refractivity contribution < 1.29 is 19.0 Å². The molecule has 0 spiro atoms. The molecule has 1 fully saturated rings. The van der Waals surface area contributed by atoms with E-state index in [-0.39, 0.29) is 18.1 Å². The summed E-state index contributed by atoms with van der Waals surface area (Å²) in [6.07, 6.45) is 0.437. The van der Waals surface area contributed by atoms with Crippen molar-refractivity contribution >= 4 is 22.4 Å². The van der Waals surface area contributed by atoms with E-state index in [1.54, 1.807) is 25.3 Å². The van der Waals surface area contributed by atoms with E-state index in [9.17, 15) is 4.79 Å². The number of benzene rings is 1. The molecular weight excluding hydrogens is 378 g/mol. The maximum atomic E-state index is 12.6. The monoisotopic (exact) mass is 405 g/mol. The first kappa shape index (κ1) is 20.6. The Morgan fingerprint density at radius 1 is 1.32 bits per heavy atom. The molecule has 0 unspecified atom stereocenters. The molecule has 1 aromatic heterocycles. The number of ether oxygens (including phenoxy) is 3. The van der Waals surface area contributed by atoms with Crippen molar-refractivity contribution in [1.29, 1.82) is 0 Å². The summed E-state index contributed by atoms with van der Waals surface area (Å²) < 4.78 is 16.6. The van der Waals surface area contributed by atoms with Gasteiger partial charge in [0.1, 0.15) is 0 Å². The molecule has 1 aliphatic rings. The maximum Gasteiger partial charge on any atom is 0.257 e. The van der Waals surface area contributed by atoms with Gasteiger partial charge in [0.2, 0.25) is 0 Å². The number of aromatic nitrogens is 1. The van der Waals surface area contributed by atoms with Crippen LogP contribution in [0.4, 0.5) is 5.13 Å². The second kappa shape index (κ2) is 9.36. The minimum atomic E-state index is -0.226. The van der Waals surface area contributed by atoms with Gasteiger partial charge in [-0.05, 0) is 39.0 Å². The van der Waals surface area contributed by atoms with Crippen LogP contribution in [-0.2, 0) is 11.3 Å². The first-order valence-electron chi connectivity index (χ1n) is 9.42. The SMILES string of the molecule is CCOc1ccc(C(=O)Nc2nc(CN3C[C@@H](C)O[C@H](C)C3)cs2)cc1OC. The van der Waals surface area contributed by atoms with Gasteiger partial charge >= 0.3 is 0 Å². The highest BCUT2D eigenvalue weighted by molar-refractivity contribution is 7.13. The molecule has 7 nitrogen and oxygen atoms in total. The van der Waals surface area contributed by atoms with Crippen molar-refractivity contribution in [2.75, 3.05) is 32.1 Å². The van der Waals surface area contributed by atoms with Crippen molar-refractivity contribution in [1.82, 2.24) is 9.88 Å². The summed E-state index contributed by atoms with van der Waals surface area (Å²) in [6, 6.07) is 5.13. The van der Waals surface area contributed by atoms with Crippen molar-refractivity contribution in [2.45, 2.75) is 39.5 Å². The number of morpholine rings is 1. The zero-order chi connectivity index (χ0) is 20.1. The van der Waals surface area contributed by atoms with E-state index >= 15 is 0 Å². The van der Waals surface area contributed by atoms with Crippen LogP contribution < -0.4 is 14.8 Å². The van der Waals surface area contributed by atoms with Crippen LogP contribution in [0.15, 0.2) is 23.6 Å². The number of methoxy groups -OCH3 is 1. The predicted molar refractivity (Wildman–Crippen MR) is 110 cm³/mol. The summed E-state index contributed by atoms with van der Waals surface area (Å²) in [5.74, 6) is 0.924. The fourth-order valence-corrected chi connectivity index (χ4v) is 4.03.